The van der Waals surface area contributed by atoms with Crippen molar-refractivity contribution in [1.29, 1.82) is 0 Å². The third kappa shape index (κ3) is 6.63. The fourth-order valence-electron chi connectivity index (χ4n) is 4.48. The SMILES string of the molecule is COc1nc(-c2cccc(C3=CC=CC(c4ccc(C(C)N[S+]([O-])C(C)(C)C)c(OC)n4)C3(Cl)Cl)c2)ccc1C=O. The van der Waals surface area contributed by atoms with Gasteiger partial charge < -0.3 is 14.0 Å². The Morgan fingerprint density at radius 2 is 1.76 bits per heavy atom. The van der Waals surface area contributed by atoms with Gasteiger partial charge in [-0.3, -0.25) is 4.79 Å². The van der Waals surface area contributed by atoms with Crippen molar-refractivity contribution in [2.75, 3.05) is 14.2 Å². The van der Waals surface area contributed by atoms with E-state index in [1.165, 1.54) is 7.11 Å². The van der Waals surface area contributed by atoms with Crippen molar-refractivity contribution >= 4 is 46.4 Å². The Labute approximate surface area is 254 Å². The average molecular weight is 615 g/mol. The maximum atomic E-state index is 12.7. The van der Waals surface area contributed by atoms with Crippen molar-refractivity contribution in [3.05, 3.63) is 89.1 Å². The molecule has 2 heterocycles. The first-order chi connectivity index (χ1) is 19.4. The van der Waals surface area contributed by atoms with Crippen LogP contribution >= 0.6 is 23.2 Å². The Kier molecular flexibility index (Phi) is 9.51. The number of benzene rings is 1. The summed E-state index contributed by atoms with van der Waals surface area (Å²) in [5.41, 5.74) is 4.75. The van der Waals surface area contributed by atoms with Crippen LogP contribution in [0.2, 0.25) is 0 Å². The first-order valence-electron chi connectivity index (χ1n) is 13.0. The number of aldehydes is 1. The van der Waals surface area contributed by atoms with Gasteiger partial charge in [0.05, 0.1) is 43.1 Å². The zero-order chi connectivity index (χ0) is 29.9. The highest BCUT2D eigenvalue weighted by molar-refractivity contribution is 7.90. The van der Waals surface area contributed by atoms with Crippen molar-refractivity contribution in [2.45, 2.75) is 48.7 Å². The van der Waals surface area contributed by atoms with Crippen LogP contribution in [0.4, 0.5) is 0 Å². The topological polar surface area (TPSA) is 96.4 Å². The van der Waals surface area contributed by atoms with Crippen LogP contribution in [-0.4, -0.2) is 44.1 Å². The number of halogens is 2. The summed E-state index contributed by atoms with van der Waals surface area (Å²) in [5, 5.41) is 0. The first kappa shape index (κ1) is 31.1. The Morgan fingerprint density at radius 3 is 2.41 bits per heavy atom. The molecule has 4 rings (SSSR count). The van der Waals surface area contributed by atoms with E-state index in [1.807, 2.05) is 82.3 Å². The van der Waals surface area contributed by atoms with E-state index in [4.69, 9.17) is 37.7 Å². The standard InChI is InChI=1S/C31H33Cl2N3O4S/c1-19(36-41(38)30(2,3)4)23-14-16-27(35-29(23)40-6)25-12-8-11-24(31(25,32)33)20-9-7-10-21(17-20)26-15-13-22(18-37)28(34-26)39-5/h7-19,25,36H,1-6H3. The summed E-state index contributed by atoms with van der Waals surface area (Å²) in [5.74, 6) is 0.182. The second-order valence-corrected chi connectivity index (χ2v) is 14.0. The molecule has 1 aliphatic carbocycles. The number of hydrogen-bond donors (Lipinski definition) is 1. The fraction of sp³-hybridized carbons (Fsp3) is 0.323. The Balaban J connectivity index is 1.64. The van der Waals surface area contributed by atoms with E-state index in [9.17, 15) is 9.35 Å². The number of allylic oxidation sites excluding steroid dienone is 4. The third-order valence-electron chi connectivity index (χ3n) is 6.73. The van der Waals surface area contributed by atoms with Crippen molar-refractivity contribution in [3.63, 3.8) is 0 Å². The summed E-state index contributed by atoms with van der Waals surface area (Å²) in [6, 6.07) is 14.6. The largest absolute Gasteiger partial charge is 0.598 e. The molecule has 1 N–H and O–H groups in total. The van der Waals surface area contributed by atoms with E-state index in [2.05, 4.69) is 9.71 Å². The summed E-state index contributed by atoms with van der Waals surface area (Å²) >= 11 is 13.0. The first-order valence-corrected chi connectivity index (χ1v) is 14.9. The lowest BCUT2D eigenvalue weighted by Crippen LogP contribution is -2.40. The highest BCUT2D eigenvalue weighted by Crippen LogP contribution is 2.50. The predicted molar refractivity (Wildman–Crippen MR) is 166 cm³/mol. The third-order valence-corrected chi connectivity index (χ3v) is 9.28. The smallest absolute Gasteiger partial charge is 0.224 e. The Morgan fingerprint density at radius 1 is 1.05 bits per heavy atom. The van der Waals surface area contributed by atoms with Gasteiger partial charge in [-0.1, -0.05) is 65.7 Å². The summed E-state index contributed by atoms with van der Waals surface area (Å²) in [7, 11) is 3.03. The number of alkyl halides is 2. The zero-order valence-electron chi connectivity index (χ0n) is 23.8. The minimum absolute atomic E-state index is 0.254. The molecule has 216 valence electrons. The van der Waals surface area contributed by atoms with Gasteiger partial charge in [0.25, 0.3) is 0 Å². The van der Waals surface area contributed by atoms with Gasteiger partial charge in [-0.2, -0.15) is 0 Å². The minimum atomic E-state index is -1.35. The van der Waals surface area contributed by atoms with Gasteiger partial charge in [-0.25, -0.2) is 9.97 Å². The van der Waals surface area contributed by atoms with Crippen LogP contribution < -0.4 is 14.2 Å². The van der Waals surface area contributed by atoms with Crippen LogP contribution in [0, 0.1) is 0 Å². The maximum absolute atomic E-state index is 12.7. The molecule has 0 aliphatic heterocycles. The van der Waals surface area contributed by atoms with Crippen molar-refractivity contribution in [2.24, 2.45) is 0 Å². The molecular weight excluding hydrogens is 581 g/mol. The van der Waals surface area contributed by atoms with Gasteiger partial charge in [0.1, 0.15) is 4.75 Å². The molecule has 0 spiro atoms. The average Bonchev–Trinajstić information content (AvgIpc) is 2.95. The molecule has 3 atom stereocenters. The van der Waals surface area contributed by atoms with Gasteiger partial charge in [-0.15, -0.1) is 4.72 Å². The number of pyridine rings is 2. The van der Waals surface area contributed by atoms with E-state index in [0.29, 0.717) is 34.7 Å². The van der Waals surface area contributed by atoms with Gasteiger partial charge in [0.15, 0.2) is 10.6 Å². The van der Waals surface area contributed by atoms with E-state index in [-0.39, 0.29) is 11.9 Å². The van der Waals surface area contributed by atoms with Crippen LogP contribution in [0.3, 0.4) is 0 Å². The highest BCUT2D eigenvalue weighted by atomic mass is 35.5. The van der Waals surface area contributed by atoms with Gasteiger partial charge >= 0.3 is 0 Å². The molecule has 0 saturated heterocycles. The zero-order valence-corrected chi connectivity index (χ0v) is 26.1. The molecule has 3 aromatic rings. The molecule has 3 unspecified atom stereocenters. The number of nitrogens with one attached hydrogen (secondary N) is 1. The molecule has 2 aromatic heterocycles. The summed E-state index contributed by atoms with van der Waals surface area (Å²) < 4.78 is 24.9. The Bertz CT molecular complexity index is 1490. The van der Waals surface area contributed by atoms with E-state index in [1.54, 1.807) is 19.2 Å². The van der Waals surface area contributed by atoms with Gasteiger partial charge in [-0.05, 0) is 63.1 Å². The van der Waals surface area contributed by atoms with Crippen molar-refractivity contribution in [3.8, 4) is 23.0 Å². The monoisotopic (exact) mass is 613 g/mol. The molecule has 0 saturated carbocycles. The van der Waals surface area contributed by atoms with Crippen LogP contribution in [0.1, 0.15) is 66.8 Å². The van der Waals surface area contributed by atoms with E-state index >= 15 is 0 Å². The van der Waals surface area contributed by atoms with E-state index in [0.717, 1.165) is 16.7 Å². The fourth-order valence-corrected chi connectivity index (χ4v) is 5.99. The van der Waals surface area contributed by atoms with Crippen molar-refractivity contribution in [1.82, 2.24) is 14.7 Å². The lowest BCUT2D eigenvalue weighted by Gasteiger charge is -2.33. The van der Waals surface area contributed by atoms with Crippen LogP contribution in [0.25, 0.3) is 16.8 Å². The molecule has 7 nitrogen and oxygen atoms in total. The van der Waals surface area contributed by atoms with E-state index < -0.39 is 26.4 Å². The van der Waals surface area contributed by atoms with Crippen LogP contribution in [-0.2, 0) is 11.4 Å². The molecule has 0 radical (unpaired) electrons. The molecule has 1 aromatic carbocycles. The molecule has 10 heteroatoms. The second-order valence-electron chi connectivity index (χ2n) is 10.6. The number of hydrogen-bond acceptors (Lipinski definition) is 7. The molecule has 0 fully saturated rings. The normalized spacial score (nSPS) is 17.9. The predicted octanol–water partition coefficient (Wildman–Crippen LogP) is 7.00. The van der Waals surface area contributed by atoms with Crippen LogP contribution in [0.15, 0.2) is 66.8 Å². The lowest BCUT2D eigenvalue weighted by atomic mass is 9.85. The second kappa shape index (κ2) is 12.5. The number of ether oxygens (including phenoxy) is 2. The number of carbonyl (C=O) groups excluding carboxylic acids is 1. The molecule has 0 bridgehead atoms. The van der Waals surface area contributed by atoms with Crippen LogP contribution in [0.5, 0.6) is 11.8 Å². The lowest BCUT2D eigenvalue weighted by molar-refractivity contribution is 0.112. The summed E-state index contributed by atoms with van der Waals surface area (Å²) in [6.07, 6.45) is 6.42. The number of methoxy groups -OCH3 is 2. The van der Waals surface area contributed by atoms with Gasteiger partial charge in [0, 0.05) is 22.5 Å². The minimum Gasteiger partial charge on any atom is -0.598 e. The highest BCUT2D eigenvalue weighted by Gasteiger charge is 2.41. The number of nitrogens with zero attached hydrogens (tertiary/aromatic N) is 2. The molecule has 0 amide bonds. The maximum Gasteiger partial charge on any atom is 0.224 e. The summed E-state index contributed by atoms with van der Waals surface area (Å²) in [4.78, 5) is 20.6. The van der Waals surface area contributed by atoms with Gasteiger partial charge in [0.2, 0.25) is 11.8 Å². The molecule has 1 aliphatic rings. The number of aromatic nitrogens is 2. The number of rotatable bonds is 9. The molecular formula is C31H33Cl2N3O4S. The quantitative estimate of drug-likeness (QED) is 0.158. The Hall–Kier alpha value is -2.88. The van der Waals surface area contributed by atoms with Crippen molar-refractivity contribution < 1.29 is 18.8 Å². The summed E-state index contributed by atoms with van der Waals surface area (Å²) in [6.45, 7) is 7.65. The molecule has 41 heavy (non-hydrogen) atoms. The number of carbonyl (C=O) groups is 1.